The van der Waals surface area contributed by atoms with Crippen LogP contribution in [0.2, 0.25) is 5.02 Å². The van der Waals surface area contributed by atoms with Crippen molar-refractivity contribution < 1.29 is 45.0 Å². The second-order valence-corrected chi connectivity index (χ2v) is 8.81. The first-order valence-corrected chi connectivity index (χ1v) is 11.4. The van der Waals surface area contributed by atoms with Crippen LogP contribution in [0.4, 0.5) is 30.7 Å². The normalized spacial score (nSPS) is 15.9. The molecule has 1 aliphatic carbocycles. The molecule has 0 unspecified atom stereocenters. The number of aliphatic imine (C=N–C) groups is 1. The fourth-order valence-electron chi connectivity index (χ4n) is 3.60. The average Bonchev–Trinajstić information content (AvgIpc) is 3.53. The number of allylic oxidation sites excluding steroid dienone is 2. The molecule has 0 atom stereocenters. The summed E-state index contributed by atoms with van der Waals surface area (Å²) >= 11 is 6.24. The van der Waals surface area contributed by atoms with Gasteiger partial charge in [0.1, 0.15) is 18.0 Å². The summed E-state index contributed by atoms with van der Waals surface area (Å²) in [6.45, 7) is -4.04. The van der Waals surface area contributed by atoms with Crippen molar-refractivity contribution in [2.24, 2.45) is 10.7 Å². The smallest absolute Gasteiger partial charge is 0.429 e. The van der Waals surface area contributed by atoms with Crippen molar-refractivity contribution in [1.82, 2.24) is 14.7 Å². The molecule has 1 fully saturated rings. The largest absolute Gasteiger partial charge is 0.459 e. The zero-order valence-corrected chi connectivity index (χ0v) is 21.4. The number of methoxy groups -OCH3 is 1. The van der Waals surface area contributed by atoms with Gasteiger partial charge in [-0.25, -0.2) is 4.68 Å². The molecule has 1 heterocycles. The SMILES string of the molecule is CN=C(/C(OC(F)F)=C(\N)C(F)(F)C(F)(F)F)n1cc(-c2ccc(Cl)c(C(=O)N(COC)C3(C#N)CC3)c2)cn1. The fraction of sp³-hybridized carbons (Fsp3) is 0.391. The van der Waals surface area contributed by atoms with E-state index >= 15 is 0 Å². The highest BCUT2D eigenvalue weighted by Crippen LogP contribution is 2.43. The van der Waals surface area contributed by atoms with Crippen LogP contribution in [0.5, 0.6) is 0 Å². The van der Waals surface area contributed by atoms with Crippen LogP contribution < -0.4 is 5.73 Å². The number of carbonyl (C=O) groups excluding carboxylic acids is 1. The number of nitrogens with two attached hydrogens (primary N) is 1. The van der Waals surface area contributed by atoms with E-state index in [9.17, 15) is 40.8 Å². The number of hydrogen-bond donors (Lipinski definition) is 1. The molecule has 0 aliphatic heterocycles. The number of rotatable bonds is 9. The van der Waals surface area contributed by atoms with Crippen molar-refractivity contribution in [3.8, 4) is 17.2 Å². The molecule has 0 bridgehead atoms. The molecule has 1 aliphatic rings. The van der Waals surface area contributed by atoms with Crippen LogP contribution >= 0.6 is 11.6 Å². The first kappa shape index (κ1) is 30.7. The first-order chi connectivity index (χ1) is 18.6. The number of hydrogen-bond acceptors (Lipinski definition) is 7. The molecule has 1 aromatic heterocycles. The molecule has 17 heteroatoms. The van der Waals surface area contributed by atoms with Gasteiger partial charge in [0.05, 0.1) is 22.9 Å². The summed E-state index contributed by atoms with van der Waals surface area (Å²) in [6, 6.07) is 6.18. The Morgan fingerprint density at radius 3 is 2.45 bits per heavy atom. The molecule has 0 radical (unpaired) electrons. The van der Waals surface area contributed by atoms with Gasteiger partial charge < -0.3 is 15.2 Å². The molecule has 0 saturated heterocycles. The van der Waals surface area contributed by atoms with Crippen LogP contribution in [0.15, 0.2) is 47.0 Å². The quantitative estimate of drug-likeness (QED) is 0.146. The Morgan fingerprint density at radius 1 is 1.30 bits per heavy atom. The van der Waals surface area contributed by atoms with E-state index < -0.39 is 47.4 Å². The molecule has 2 N–H and O–H groups in total. The standard InChI is InChI=1S/C23H20ClF7N6O3/c1-34-18(16(40-20(25)26)17(33)22(27,28)23(29,30)31)37-9-13(8-35-37)12-3-4-15(24)14(7-12)19(38)36(11-39-2)21(10-32)5-6-21/h3-4,7-9,20H,5-6,11,33H2,1-2H3/b17-16+,34-18?. The Kier molecular flexibility index (Phi) is 8.70. The van der Waals surface area contributed by atoms with Crippen LogP contribution in [0.25, 0.3) is 11.1 Å². The molecule has 2 aromatic rings. The number of carbonyl (C=O) groups is 1. The maximum atomic E-state index is 13.9. The van der Waals surface area contributed by atoms with Gasteiger partial charge in [0, 0.05) is 25.9 Å². The van der Waals surface area contributed by atoms with Crippen LogP contribution in [-0.2, 0) is 9.47 Å². The summed E-state index contributed by atoms with van der Waals surface area (Å²) in [5.41, 5.74) is 1.92. The first-order valence-electron chi connectivity index (χ1n) is 11.1. The summed E-state index contributed by atoms with van der Waals surface area (Å²) in [4.78, 5) is 18.0. The Hall–Kier alpha value is -3.84. The lowest BCUT2D eigenvalue weighted by atomic mass is 10.0. The van der Waals surface area contributed by atoms with Gasteiger partial charge in [-0.3, -0.25) is 14.7 Å². The third kappa shape index (κ3) is 5.85. The van der Waals surface area contributed by atoms with Crippen LogP contribution in [0, 0.1) is 11.3 Å². The van der Waals surface area contributed by atoms with Gasteiger partial charge in [-0.1, -0.05) is 17.7 Å². The zero-order valence-electron chi connectivity index (χ0n) is 20.6. The van der Waals surface area contributed by atoms with Crippen LogP contribution in [0.3, 0.4) is 0 Å². The summed E-state index contributed by atoms with van der Waals surface area (Å²) in [6.07, 6.45) is -3.25. The topological polar surface area (TPSA) is 119 Å². The second-order valence-electron chi connectivity index (χ2n) is 8.40. The molecule has 3 rings (SSSR count). The predicted octanol–water partition coefficient (Wildman–Crippen LogP) is 4.79. The van der Waals surface area contributed by atoms with Gasteiger partial charge in [0.15, 0.2) is 11.6 Å². The monoisotopic (exact) mass is 596 g/mol. The number of nitrogens with zero attached hydrogens (tertiary/aromatic N) is 5. The molecule has 1 amide bonds. The lowest BCUT2D eigenvalue weighted by molar-refractivity contribution is -0.266. The maximum absolute atomic E-state index is 13.9. The Morgan fingerprint density at radius 2 is 1.95 bits per heavy atom. The van der Waals surface area contributed by atoms with Gasteiger partial charge >= 0.3 is 18.7 Å². The van der Waals surface area contributed by atoms with E-state index in [2.05, 4.69) is 20.9 Å². The molecular formula is C23H20ClF7N6O3. The van der Waals surface area contributed by atoms with Crippen molar-refractivity contribution in [3.05, 3.63) is 52.6 Å². The average molecular weight is 597 g/mol. The van der Waals surface area contributed by atoms with E-state index in [1.165, 1.54) is 30.2 Å². The minimum Gasteiger partial charge on any atom is -0.429 e. The Balaban J connectivity index is 2.04. The summed E-state index contributed by atoms with van der Waals surface area (Å²) in [5.74, 6) is -9.11. The Bertz CT molecular complexity index is 1380. The number of alkyl halides is 7. The van der Waals surface area contributed by atoms with Gasteiger partial charge in [-0.15, -0.1) is 0 Å². The van der Waals surface area contributed by atoms with E-state index in [4.69, 9.17) is 22.1 Å². The van der Waals surface area contributed by atoms with Crippen LogP contribution in [0.1, 0.15) is 23.2 Å². The van der Waals surface area contributed by atoms with Gasteiger partial charge in [0.2, 0.25) is 0 Å². The van der Waals surface area contributed by atoms with E-state index in [1.54, 1.807) is 0 Å². The second kappa shape index (κ2) is 11.3. The van der Waals surface area contributed by atoms with E-state index in [0.717, 1.165) is 19.4 Å². The maximum Gasteiger partial charge on any atom is 0.459 e. The zero-order chi connectivity index (χ0) is 30.0. The number of benzene rings is 1. The van der Waals surface area contributed by atoms with Crippen molar-refractivity contribution in [1.29, 1.82) is 5.26 Å². The summed E-state index contributed by atoms with van der Waals surface area (Å²) in [5, 5.41) is 13.3. The third-order valence-electron chi connectivity index (χ3n) is 5.84. The van der Waals surface area contributed by atoms with Gasteiger partial charge in [-0.05, 0) is 30.5 Å². The highest BCUT2D eigenvalue weighted by molar-refractivity contribution is 6.34. The number of nitriles is 1. The minimum atomic E-state index is -6.23. The van der Waals surface area contributed by atoms with E-state index in [1.807, 2.05) is 0 Å². The lowest BCUT2D eigenvalue weighted by Crippen LogP contribution is -2.43. The lowest BCUT2D eigenvalue weighted by Gasteiger charge is -2.27. The van der Waals surface area contributed by atoms with Crippen molar-refractivity contribution in [3.63, 3.8) is 0 Å². The number of ether oxygens (including phenoxy) is 2. The molecule has 216 valence electrons. The summed E-state index contributed by atoms with van der Waals surface area (Å²) < 4.78 is 102. The Labute approximate surface area is 227 Å². The van der Waals surface area contributed by atoms with Crippen molar-refractivity contribution >= 4 is 23.3 Å². The number of halogens is 8. The van der Waals surface area contributed by atoms with E-state index in [0.29, 0.717) is 17.5 Å². The van der Waals surface area contributed by atoms with Crippen LogP contribution in [-0.4, -0.2) is 71.6 Å². The predicted molar refractivity (Wildman–Crippen MR) is 126 cm³/mol. The molecular weight excluding hydrogens is 577 g/mol. The molecule has 40 heavy (non-hydrogen) atoms. The highest BCUT2D eigenvalue weighted by atomic mass is 35.5. The van der Waals surface area contributed by atoms with E-state index in [-0.39, 0.29) is 28.4 Å². The molecule has 9 nitrogen and oxygen atoms in total. The van der Waals surface area contributed by atoms with Crippen molar-refractivity contribution in [2.45, 2.75) is 37.1 Å². The molecule has 1 saturated carbocycles. The van der Waals surface area contributed by atoms with Gasteiger partial charge in [0.25, 0.3) is 5.91 Å². The highest BCUT2D eigenvalue weighted by Gasteiger charge is 2.61. The number of aromatic nitrogens is 2. The summed E-state index contributed by atoms with van der Waals surface area (Å²) in [7, 11) is 2.24. The fourth-order valence-corrected chi connectivity index (χ4v) is 3.80. The molecule has 1 aromatic carbocycles. The van der Waals surface area contributed by atoms with Gasteiger partial charge in [-0.2, -0.15) is 41.1 Å². The third-order valence-corrected chi connectivity index (χ3v) is 6.17. The molecule has 0 spiro atoms. The number of amides is 1. The van der Waals surface area contributed by atoms with Crippen molar-refractivity contribution in [2.75, 3.05) is 20.9 Å². The minimum absolute atomic E-state index is 0.0181.